The van der Waals surface area contributed by atoms with Crippen molar-refractivity contribution in [1.82, 2.24) is 25.1 Å². The van der Waals surface area contributed by atoms with Crippen LogP contribution < -0.4 is 42.4 Å². The van der Waals surface area contributed by atoms with Crippen molar-refractivity contribution in [2.75, 3.05) is 19.8 Å². The van der Waals surface area contributed by atoms with Gasteiger partial charge in [-0.25, -0.2) is 9.98 Å². The third kappa shape index (κ3) is 12.3. The first kappa shape index (κ1) is 57.4. The summed E-state index contributed by atoms with van der Waals surface area (Å²) in [5.41, 5.74) is 8.46. The number of aliphatic imine (C=N–C) groups is 2. The number of hydrogen-bond donors (Lipinski definition) is 4. The van der Waals surface area contributed by atoms with Crippen molar-refractivity contribution in [3.8, 4) is 0 Å². The van der Waals surface area contributed by atoms with Crippen LogP contribution in [0, 0.1) is 0 Å². The quantitative estimate of drug-likeness (QED) is 0.0754. The molecule has 0 spiro atoms. The van der Waals surface area contributed by atoms with Crippen LogP contribution in [0.1, 0.15) is 86.3 Å². The van der Waals surface area contributed by atoms with Crippen molar-refractivity contribution >= 4 is 55.3 Å². The Balaban J connectivity index is 0.000000242. The van der Waals surface area contributed by atoms with E-state index in [1.807, 2.05) is 96.7 Å². The smallest absolute Gasteiger partial charge is 0.465 e. The number of hydrogen-bond acceptors (Lipinski definition) is 9. The zero-order valence-corrected chi connectivity index (χ0v) is 45.5. The first-order chi connectivity index (χ1) is 35.1. The first-order valence-corrected chi connectivity index (χ1v) is 28.6. The van der Waals surface area contributed by atoms with Gasteiger partial charge in [-0.15, -0.1) is 0 Å². The molecule has 4 aromatic carbocycles. The number of nitrogens with zero attached hydrogens (tertiary/aromatic N) is 4. The van der Waals surface area contributed by atoms with Gasteiger partial charge in [0.25, 0.3) is 22.7 Å². The maximum atomic E-state index is 13.1. The summed E-state index contributed by atoms with van der Waals surface area (Å²) in [6, 6.07) is 48.0. The molecule has 0 fully saturated rings. The summed E-state index contributed by atoms with van der Waals surface area (Å²) >= 11 is 0. The molecule has 0 saturated carbocycles. The third-order valence-corrected chi connectivity index (χ3v) is 23.2. The Morgan fingerprint density at radius 3 is 1.39 bits per heavy atom. The lowest BCUT2D eigenvalue weighted by Crippen LogP contribution is -2.67. The van der Waals surface area contributed by atoms with Crippen LogP contribution in [-0.2, 0) is 18.4 Å². The van der Waals surface area contributed by atoms with Crippen LogP contribution in [0.2, 0.25) is 10.1 Å². The van der Waals surface area contributed by atoms with Gasteiger partial charge in [0, 0.05) is 18.1 Å². The highest BCUT2D eigenvalue weighted by Gasteiger charge is 2.53. The van der Waals surface area contributed by atoms with E-state index in [1.54, 1.807) is 12.1 Å². The number of halogens is 3. The van der Waals surface area contributed by atoms with E-state index >= 15 is 0 Å². The van der Waals surface area contributed by atoms with Gasteiger partial charge in [-0.2, -0.15) is 13.2 Å². The van der Waals surface area contributed by atoms with E-state index in [9.17, 15) is 18.0 Å². The second kappa shape index (κ2) is 23.7. The standard InChI is InChI=1S/C29H37N3O2Si.C28H32F3N5O2Si.CH4/c1-7-33-28-31-25(27(30-22(2)3)26-19-14-20-32(26)28)21-34-35(29(4,5)6,23-15-10-8-11-16-23)24-17-12-9-13-18-24;1-19(32)33-24-22(34-26(35-25(37)28(29,30)31)36-17-11-16-23(24)36)18-38-39(27(2,3)4,20-12-7-5-8-13-20)21-14-9-6-10-15-21;/h8-20,25,27,30H,2,7,21H2,1,3-6H3;5-17,22,24,33H,1,18,32H2,2-4H3,(H,34,35,37);1H4/t25-,27-;22-,24-;/m00./s1. The SMILES string of the molecule is C.C=C(C)N[C@@H]1c2cccn2C(OCC)=N[C@H]1CO[Si](c1ccccc1)(c1ccccc1)C(C)(C)C.C=C(N)N[C@@H]1c2cccn2C(NC(=O)C(F)(F)F)=N[C@H]1CO[Si](c1ccccc1)(c1ccccc1)C(C)(C)C. The molecular weight excluding hydrogens is 986 g/mol. The fourth-order valence-electron chi connectivity index (χ4n) is 10.1. The van der Waals surface area contributed by atoms with Crippen molar-refractivity contribution in [2.24, 2.45) is 15.7 Å². The molecule has 0 unspecified atom stereocenters. The van der Waals surface area contributed by atoms with Crippen LogP contribution in [0.25, 0.3) is 0 Å². The molecule has 2 aromatic heterocycles. The highest BCUT2D eigenvalue weighted by Crippen LogP contribution is 2.40. The van der Waals surface area contributed by atoms with Crippen LogP contribution >= 0.6 is 0 Å². The third-order valence-electron chi connectivity index (χ3n) is 13.2. The fourth-order valence-corrected chi connectivity index (χ4v) is 19.3. The monoisotopic (exact) mass is 1060 g/mol. The van der Waals surface area contributed by atoms with E-state index < -0.39 is 40.8 Å². The average molecular weight is 1060 g/mol. The van der Waals surface area contributed by atoms with Crippen molar-refractivity contribution < 1.29 is 31.6 Å². The molecule has 5 N–H and O–H groups in total. The molecule has 12 nitrogen and oxygen atoms in total. The van der Waals surface area contributed by atoms with Crippen LogP contribution in [0.4, 0.5) is 13.2 Å². The van der Waals surface area contributed by atoms with Crippen LogP contribution in [0.3, 0.4) is 0 Å². The summed E-state index contributed by atoms with van der Waals surface area (Å²) in [6.45, 7) is 26.1. The summed E-state index contributed by atoms with van der Waals surface area (Å²) in [7, 11) is -5.67. The van der Waals surface area contributed by atoms with E-state index in [-0.39, 0.29) is 48.0 Å². The molecule has 8 rings (SSSR count). The Labute approximate surface area is 442 Å². The average Bonchev–Trinajstić information content (AvgIpc) is 4.06. The largest absolute Gasteiger partial charge is 0.471 e. The van der Waals surface area contributed by atoms with Crippen molar-refractivity contribution in [2.45, 2.75) is 103 Å². The summed E-state index contributed by atoms with van der Waals surface area (Å²) in [5, 5.41) is 12.7. The molecule has 4 heterocycles. The molecule has 6 aromatic rings. The molecule has 75 heavy (non-hydrogen) atoms. The molecule has 0 aliphatic carbocycles. The van der Waals surface area contributed by atoms with Crippen molar-refractivity contribution in [3.63, 3.8) is 0 Å². The Bertz CT molecular complexity index is 2840. The van der Waals surface area contributed by atoms with Gasteiger partial charge < -0.3 is 30.0 Å². The number of ether oxygens (including phenoxy) is 1. The lowest BCUT2D eigenvalue weighted by atomic mass is 10.0. The number of amides is 1. The van der Waals surface area contributed by atoms with E-state index in [4.69, 9.17) is 24.3 Å². The highest BCUT2D eigenvalue weighted by molar-refractivity contribution is 7.00. The van der Waals surface area contributed by atoms with Gasteiger partial charge in [-0.1, -0.05) is 183 Å². The van der Waals surface area contributed by atoms with Gasteiger partial charge in [0.05, 0.1) is 49.1 Å². The second-order valence-corrected chi connectivity index (χ2v) is 29.1. The Morgan fingerprint density at radius 2 is 1.01 bits per heavy atom. The minimum atomic E-state index is -5.07. The molecule has 0 saturated heterocycles. The Hall–Kier alpha value is -6.93. The van der Waals surface area contributed by atoms with Gasteiger partial charge in [0.15, 0.2) is 0 Å². The van der Waals surface area contributed by atoms with E-state index in [0.717, 1.165) is 21.8 Å². The molecule has 0 radical (unpaired) electrons. The summed E-state index contributed by atoms with van der Waals surface area (Å²) < 4.78 is 63.0. The number of rotatable bonds is 15. The summed E-state index contributed by atoms with van der Waals surface area (Å²) in [4.78, 5) is 21.4. The van der Waals surface area contributed by atoms with Crippen LogP contribution in [0.15, 0.2) is 193 Å². The highest BCUT2D eigenvalue weighted by atomic mass is 28.4. The molecule has 0 bridgehead atoms. The second-order valence-electron chi connectivity index (χ2n) is 20.5. The van der Waals surface area contributed by atoms with Crippen LogP contribution in [0.5, 0.6) is 0 Å². The minimum absolute atomic E-state index is 0. The number of carbonyl (C=O) groups excluding carboxylic acids is 1. The maximum Gasteiger partial charge on any atom is 0.471 e. The minimum Gasteiger partial charge on any atom is -0.465 e. The normalized spacial score (nSPS) is 17.5. The number of allylic oxidation sites excluding steroid dienone is 1. The van der Waals surface area contributed by atoms with Gasteiger partial charge in [-0.3, -0.25) is 19.2 Å². The van der Waals surface area contributed by atoms with Gasteiger partial charge >= 0.3 is 12.1 Å². The topological polar surface area (TPSA) is 141 Å². The number of fused-ring (bicyclic) bond motifs is 2. The lowest BCUT2D eigenvalue weighted by Gasteiger charge is -2.44. The van der Waals surface area contributed by atoms with Gasteiger partial charge in [-0.05, 0) is 68.9 Å². The number of benzene rings is 4. The number of carbonyl (C=O) groups is 1. The number of alkyl halides is 3. The zero-order valence-electron chi connectivity index (χ0n) is 43.5. The molecular formula is C58H73F3N8O4Si2. The lowest BCUT2D eigenvalue weighted by molar-refractivity contribution is -0.172. The van der Waals surface area contributed by atoms with E-state index in [1.165, 1.54) is 21.1 Å². The molecule has 2 aliphatic rings. The number of aromatic nitrogens is 2. The maximum absolute atomic E-state index is 13.1. The van der Waals surface area contributed by atoms with Gasteiger partial charge in [0.1, 0.15) is 12.1 Å². The van der Waals surface area contributed by atoms with Gasteiger partial charge in [0.2, 0.25) is 5.96 Å². The van der Waals surface area contributed by atoms with Crippen molar-refractivity contribution in [3.05, 3.63) is 194 Å². The number of nitrogens with one attached hydrogen (secondary N) is 3. The van der Waals surface area contributed by atoms with Crippen LogP contribution in [-0.4, -0.2) is 81.7 Å². The van der Waals surface area contributed by atoms with Crippen molar-refractivity contribution in [1.29, 1.82) is 0 Å². The first-order valence-electron chi connectivity index (χ1n) is 24.8. The Morgan fingerprint density at radius 1 is 0.627 bits per heavy atom. The summed E-state index contributed by atoms with van der Waals surface area (Å²) in [6.07, 6.45) is -1.55. The molecule has 4 atom stereocenters. The predicted molar refractivity (Wildman–Crippen MR) is 302 cm³/mol. The Kier molecular flexibility index (Phi) is 18.2. The van der Waals surface area contributed by atoms with E-state index in [2.05, 4.69) is 137 Å². The summed E-state index contributed by atoms with van der Waals surface area (Å²) in [5.74, 6) is -2.18. The number of nitrogens with two attached hydrogens (primary N) is 1. The van der Waals surface area contributed by atoms with E-state index in [0.29, 0.717) is 24.9 Å². The predicted octanol–water partition coefficient (Wildman–Crippen LogP) is 8.88. The molecule has 1 amide bonds. The fraction of sp³-hybridized carbons (Fsp3) is 0.328. The molecule has 2 aliphatic heterocycles. The zero-order chi connectivity index (χ0) is 53.5. The molecule has 398 valence electrons. The molecule has 17 heteroatoms.